The number of rotatable bonds is 5. The first-order valence-corrected chi connectivity index (χ1v) is 7.11. The summed E-state index contributed by atoms with van der Waals surface area (Å²) in [6, 6.07) is 14.5. The fourth-order valence-electron chi connectivity index (χ4n) is 1.92. The second-order valence-corrected chi connectivity index (χ2v) is 5.11. The molecule has 3 nitrogen and oxygen atoms in total. The van der Waals surface area contributed by atoms with Crippen molar-refractivity contribution in [3.8, 4) is 11.8 Å². The van der Waals surface area contributed by atoms with Crippen LogP contribution < -0.4 is 4.74 Å². The van der Waals surface area contributed by atoms with Gasteiger partial charge in [-0.3, -0.25) is 0 Å². The molecule has 0 aliphatic carbocycles. The van der Waals surface area contributed by atoms with Gasteiger partial charge < -0.3 is 9.84 Å². The van der Waals surface area contributed by atoms with E-state index in [0.717, 1.165) is 11.1 Å². The number of hydrogen-bond acceptors (Lipinski definition) is 3. The van der Waals surface area contributed by atoms with Crippen LogP contribution in [-0.4, -0.2) is 5.11 Å². The Hall–Kier alpha value is -2.02. The van der Waals surface area contributed by atoms with Gasteiger partial charge in [0.15, 0.2) is 0 Å². The average Bonchev–Trinajstić information content (AvgIpc) is 2.53. The molecule has 0 amide bonds. The first-order valence-electron chi connectivity index (χ1n) is 6.73. The molecule has 0 bridgehead atoms. The second kappa shape index (κ2) is 7.12. The van der Waals surface area contributed by atoms with E-state index in [-0.39, 0.29) is 0 Å². The Kier molecular flexibility index (Phi) is 5.21. The highest BCUT2D eigenvalue weighted by molar-refractivity contribution is 6.31. The molecular weight excluding hydrogens is 286 g/mol. The summed E-state index contributed by atoms with van der Waals surface area (Å²) in [4.78, 5) is 0. The minimum atomic E-state index is -0.438. The molecule has 108 valence electrons. The van der Waals surface area contributed by atoms with Crippen LogP contribution in [0, 0.1) is 11.3 Å². The van der Waals surface area contributed by atoms with Crippen LogP contribution in [0.3, 0.4) is 0 Å². The van der Waals surface area contributed by atoms with Crippen LogP contribution in [0.1, 0.15) is 36.1 Å². The van der Waals surface area contributed by atoms with Gasteiger partial charge in [0.2, 0.25) is 0 Å². The van der Waals surface area contributed by atoms with Gasteiger partial charge in [-0.1, -0.05) is 36.7 Å². The van der Waals surface area contributed by atoms with Gasteiger partial charge in [0.1, 0.15) is 12.4 Å². The molecule has 0 aromatic heterocycles. The lowest BCUT2D eigenvalue weighted by Gasteiger charge is -2.11. The molecule has 2 aromatic carbocycles. The van der Waals surface area contributed by atoms with Gasteiger partial charge in [-0.05, 0) is 36.2 Å². The standard InChI is InChI=1S/C17H16ClNO2/c1-2-17(20)13-5-7-15(8-6-13)21-11-14-4-3-12(10-19)9-16(14)18/h3-9,17,20H,2,11H2,1H3/t17-/m0/s1. The molecule has 0 unspecified atom stereocenters. The van der Waals surface area contributed by atoms with Crippen molar-refractivity contribution in [1.82, 2.24) is 0 Å². The highest BCUT2D eigenvalue weighted by Crippen LogP contribution is 2.22. The van der Waals surface area contributed by atoms with Crippen molar-refractivity contribution >= 4 is 11.6 Å². The lowest BCUT2D eigenvalue weighted by Crippen LogP contribution is -1.98. The summed E-state index contributed by atoms with van der Waals surface area (Å²) in [5.41, 5.74) is 2.23. The third-order valence-corrected chi connectivity index (χ3v) is 3.58. The van der Waals surface area contributed by atoms with E-state index in [1.807, 2.05) is 37.3 Å². The fraction of sp³-hybridized carbons (Fsp3) is 0.235. The predicted molar refractivity (Wildman–Crippen MR) is 82.2 cm³/mol. The Morgan fingerprint density at radius 1 is 1.24 bits per heavy atom. The molecular formula is C17H16ClNO2. The van der Waals surface area contributed by atoms with E-state index in [0.29, 0.717) is 29.4 Å². The summed E-state index contributed by atoms with van der Waals surface area (Å²) in [7, 11) is 0. The largest absolute Gasteiger partial charge is 0.489 e. The van der Waals surface area contributed by atoms with E-state index in [2.05, 4.69) is 0 Å². The van der Waals surface area contributed by atoms with Gasteiger partial charge in [0.25, 0.3) is 0 Å². The van der Waals surface area contributed by atoms with E-state index < -0.39 is 6.10 Å². The van der Waals surface area contributed by atoms with Crippen molar-refractivity contribution < 1.29 is 9.84 Å². The van der Waals surface area contributed by atoms with Crippen molar-refractivity contribution in [1.29, 1.82) is 5.26 Å². The van der Waals surface area contributed by atoms with Crippen molar-refractivity contribution in [2.75, 3.05) is 0 Å². The molecule has 0 spiro atoms. The molecule has 0 heterocycles. The zero-order valence-corrected chi connectivity index (χ0v) is 12.5. The molecule has 4 heteroatoms. The molecule has 1 atom stereocenters. The summed E-state index contributed by atoms with van der Waals surface area (Å²) < 4.78 is 5.67. The molecule has 0 saturated carbocycles. The normalized spacial score (nSPS) is 11.7. The summed E-state index contributed by atoms with van der Waals surface area (Å²) >= 11 is 6.10. The third-order valence-electron chi connectivity index (χ3n) is 3.23. The molecule has 0 aliphatic rings. The number of halogens is 1. The monoisotopic (exact) mass is 301 g/mol. The molecule has 1 N–H and O–H groups in total. The first-order chi connectivity index (χ1) is 10.1. The van der Waals surface area contributed by atoms with Gasteiger partial charge in [0.05, 0.1) is 17.7 Å². The van der Waals surface area contributed by atoms with E-state index in [1.54, 1.807) is 18.2 Å². The highest BCUT2D eigenvalue weighted by Gasteiger charge is 2.06. The first kappa shape index (κ1) is 15.4. The Morgan fingerprint density at radius 3 is 2.52 bits per heavy atom. The van der Waals surface area contributed by atoms with Crippen molar-refractivity contribution in [3.05, 3.63) is 64.2 Å². The number of aliphatic hydroxyl groups is 1. The molecule has 21 heavy (non-hydrogen) atoms. The smallest absolute Gasteiger partial charge is 0.119 e. The van der Waals surface area contributed by atoms with Crippen LogP contribution in [0.4, 0.5) is 0 Å². The van der Waals surface area contributed by atoms with Crippen LogP contribution in [0.25, 0.3) is 0 Å². The van der Waals surface area contributed by atoms with Crippen LogP contribution in [0.5, 0.6) is 5.75 Å². The molecule has 0 saturated heterocycles. The lowest BCUT2D eigenvalue weighted by molar-refractivity contribution is 0.173. The van der Waals surface area contributed by atoms with E-state index in [1.165, 1.54) is 0 Å². The van der Waals surface area contributed by atoms with E-state index in [9.17, 15) is 5.11 Å². The Balaban J connectivity index is 2.02. The minimum absolute atomic E-state index is 0.334. The zero-order chi connectivity index (χ0) is 15.2. The number of ether oxygens (including phenoxy) is 1. The Labute approximate surface area is 129 Å². The fourth-order valence-corrected chi connectivity index (χ4v) is 2.15. The molecule has 0 aliphatic heterocycles. The predicted octanol–water partition coefficient (Wildman–Crippen LogP) is 4.23. The zero-order valence-electron chi connectivity index (χ0n) is 11.7. The summed E-state index contributed by atoms with van der Waals surface area (Å²) in [6.45, 7) is 2.27. The number of hydrogen-bond donors (Lipinski definition) is 1. The summed E-state index contributed by atoms with van der Waals surface area (Å²) in [6.07, 6.45) is 0.244. The van der Waals surface area contributed by atoms with Crippen molar-refractivity contribution in [2.45, 2.75) is 26.1 Å². The summed E-state index contributed by atoms with van der Waals surface area (Å²) in [5, 5.41) is 19.0. The molecule has 0 fully saturated rings. The number of benzene rings is 2. The van der Waals surface area contributed by atoms with Gasteiger partial charge >= 0.3 is 0 Å². The number of nitrogens with zero attached hydrogens (tertiary/aromatic N) is 1. The third kappa shape index (κ3) is 3.98. The summed E-state index contributed by atoms with van der Waals surface area (Å²) in [5.74, 6) is 0.711. The Bertz CT molecular complexity index is 647. The van der Waals surface area contributed by atoms with Crippen LogP contribution in [0.2, 0.25) is 5.02 Å². The SMILES string of the molecule is CC[C@H](O)c1ccc(OCc2ccc(C#N)cc2Cl)cc1. The molecule has 2 aromatic rings. The quantitative estimate of drug-likeness (QED) is 0.899. The van der Waals surface area contributed by atoms with Crippen molar-refractivity contribution in [2.24, 2.45) is 0 Å². The maximum absolute atomic E-state index is 9.73. The van der Waals surface area contributed by atoms with Crippen LogP contribution >= 0.6 is 11.6 Å². The van der Waals surface area contributed by atoms with Gasteiger partial charge in [0, 0.05) is 10.6 Å². The lowest BCUT2D eigenvalue weighted by atomic mass is 10.1. The minimum Gasteiger partial charge on any atom is -0.489 e. The van der Waals surface area contributed by atoms with Gasteiger partial charge in [-0.2, -0.15) is 5.26 Å². The molecule has 2 rings (SSSR count). The van der Waals surface area contributed by atoms with Gasteiger partial charge in [-0.25, -0.2) is 0 Å². The van der Waals surface area contributed by atoms with E-state index in [4.69, 9.17) is 21.6 Å². The topological polar surface area (TPSA) is 53.2 Å². The van der Waals surface area contributed by atoms with E-state index >= 15 is 0 Å². The van der Waals surface area contributed by atoms with Gasteiger partial charge in [-0.15, -0.1) is 0 Å². The Morgan fingerprint density at radius 2 is 1.95 bits per heavy atom. The number of nitriles is 1. The second-order valence-electron chi connectivity index (χ2n) is 4.70. The maximum Gasteiger partial charge on any atom is 0.119 e. The maximum atomic E-state index is 9.73. The highest BCUT2D eigenvalue weighted by atomic mass is 35.5. The average molecular weight is 302 g/mol. The number of aliphatic hydroxyl groups excluding tert-OH is 1. The molecule has 0 radical (unpaired) electrons. The van der Waals surface area contributed by atoms with Crippen molar-refractivity contribution in [3.63, 3.8) is 0 Å². The van der Waals surface area contributed by atoms with Crippen LogP contribution in [0.15, 0.2) is 42.5 Å². The van der Waals surface area contributed by atoms with Crippen LogP contribution in [-0.2, 0) is 6.61 Å².